The second kappa shape index (κ2) is 6.87. The van der Waals surface area contributed by atoms with Gasteiger partial charge >= 0.3 is 6.09 Å². The van der Waals surface area contributed by atoms with Crippen molar-refractivity contribution in [1.29, 1.82) is 0 Å². The van der Waals surface area contributed by atoms with Crippen molar-refractivity contribution in [1.82, 2.24) is 4.90 Å². The lowest BCUT2D eigenvalue weighted by Crippen LogP contribution is -2.59. The Labute approximate surface area is 151 Å². The van der Waals surface area contributed by atoms with Crippen LogP contribution in [0.4, 0.5) is 10.5 Å². The van der Waals surface area contributed by atoms with Gasteiger partial charge in [-0.15, -0.1) is 0 Å². The van der Waals surface area contributed by atoms with Gasteiger partial charge in [0.1, 0.15) is 11.3 Å². The Hall–Kier alpha value is -1.75. The number of amides is 1. The molecule has 2 rings (SSSR count). The quantitative estimate of drug-likeness (QED) is 0.815. The molecule has 1 heterocycles. The Bertz CT molecular complexity index is 595. The average molecular weight is 348 g/mol. The van der Waals surface area contributed by atoms with Gasteiger partial charge in [0, 0.05) is 18.8 Å². The first-order valence-electron chi connectivity index (χ1n) is 8.96. The summed E-state index contributed by atoms with van der Waals surface area (Å²) in [5.74, 6) is 0. The zero-order valence-corrected chi connectivity index (χ0v) is 16.6. The van der Waals surface area contributed by atoms with Gasteiger partial charge in [0.05, 0.1) is 12.1 Å². The highest BCUT2D eigenvalue weighted by Crippen LogP contribution is 2.37. The Kier molecular flexibility index (Phi) is 5.38. The molecule has 0 radical (unpaired) electrons. The van der Waals surface area contributed by atoms with Crippen LogP contribution in [0.15, 0.2) is 30.3 Å². The molecule has 1 aliphatic rings. The molecule has 1 atom stereocenters. The van der Waals surface area contributed by atoms with Crippen molar-refractivity contribution in [3.8, 4) is 0 Å². The first-order valence-corrected chi connectivity index (χ1v) is 8.96. The summed E-state index contributed by atoms with van der Waals surface area (Å²) < 4.78 is 11.6. The fraction of sp³-hybridized carbons (Fsp3) is 0.650. The summed E-state index contributed by atoms with van der Waals surface area (Å²) in [6.07, 6.45) is -0.332. The molecule has 1 aromatic carbocycles. The summed E-state index contributed by atoms with van der Waals surface area (Å²) in [7, 11) is 0. The fourth-order valence-electron chi connectivity index (χ4n) is 3.41. The van der Waals surface area contributed by atoms with Gasteiger partial charge in [-0.2, -0.15) is 0 Å². The highest BCUT2D eigenvalue weighted by atomic mass is 16.6. The third-order valence-corrected chi connectivity index (χ3v) is 4.43. The van der Waals surface area contributed by atoms with Gasteiger partial charge in [-0.05, 0) is 60.6 Å². The van der Waals surface area contributed by atoms with Gasteiger partial charge in [-0.3, -0.25) is 4.90 Å². The lowest BCUT2D eigenvalue weighted by Gasteiger charge is -2.42. The fourth-order valence-corrected chi connectivity index (χ4v) is 3.41. The zero-order chi connectivity index (χ0) is 18.9. The molecule has 0 saturated carbocycles. The molecule has 0 aliphatic carbocycles. The Morgan fingerprint density at radius 2 is 1.84 bits per heavy atom. The smallest absolute Gasteiger partial charge is 0.413 e. The maximum absolute atomic E-state index is 12.9. The van der Waals surface area contributed by atoms with Crippen LogP contribution in [-0.2, 0) is 9.47 Å². The molecular weight excluding hydrogens is 316 g/mol. The van der Waals surface area contributed by atoms with E-state index in [0.29, 0.717) is 13.2 Å². The Morgan fingerprint density at radius 1 is 1.24 bits per heavy atom. The van der Waals surface area contributed by atoms with E-state index in [-0.39, 0.29) is 6.09 Å². The lowest BCUT2D eigenvalue weighted by molar-refractivity contribution is -0.0674. The minimum absolute atomic E-state index is 0.332. The standard InChI is InChI=1S/C20H32N2O3/c1-8-21(16-12-10-9-11-13-16)14-20(7)15-24-19(5,6)22(20)17(23)25-18(2,3)4/h9-13H,8,14-15H2,1-7H3/t20-/m0/s1. The van der Waals surface area contributed by atoms with Crippen LogP contribution in [0.2, 0.25) is 0 Å². The summed E-state index contributed by atoms with van der Waals surface area (Å²) in [5, 5.41) is 0. The summed E-state index contributed by atoms with van der Waals surface area (Å²) in [4.78, 5) is 16.9. The Balaban J connectivity index is 2.28. The average Bonchev–Trinajstić information content (AvgIpc) is 2.74. The number of carbonyl (C=O) groups is 1. The molecule has 1 saturated heterocycles. The van der Waals surface area contributed by atoms with Crippen molar-refractivity contribution < 1.29 is 14.3 Å². The van der Waals surface area contributed by atoms with Crippen LogP contribution < -0.4 is 4.90 Å². The molecule has 1 fully saturated rings. The van der Waals surface area contributed by atoms with Crippen LogP contribution in [-0.4, -0.2) is 47.6 Å². The van der Waals surface area contributed by atoms with E-state index in [1.807, 2.05) is 52.8 Å². The predicted octanol–water partition coefficient (Wildman–Crippen LogP) is 4.28. The first kappa shape index (κ1) is 19.6. The molecule has 0 unspecified atom stereocenters. The molecule has 0 N–H and O–H groups in total. The zero-order valence-electron chi connectivity index (χ0n) is 16.6. The number of likely N-dealkylation sites (N-methyl/N-ethyl adjacent to an activating group) is 1. The summed E-state index contributed by atoms with van der Waals surface area (Å²) >= 11 is 0. The van der Waals surface area contributed by atoms with Crippen LogP contribution in [0.25, 0.3) is 0 Å². The first-order chi connectivity index (χ1) is 11.5. The molecule has 0 spiro atoms. The number of ether oxygens (including phenoxy) is 2. The van der Waals surface area contributed by atoms with Gasteiger partial charge < -0.3 is 14.4 Å². The maximum atomic E-state index is 12.9. The molecule has 0 bridgehead atoms. The van der Waals surface area contributed by atoms with E-state index >= 15 is 0 Å². The number of anilines is 1. The van der Waals surface area contributed by atoms with Crippen molar-refractivity contribution in [3.05, 3.63) is 30.3 Å². The van der Waals surface area contributed by atoms with Gasteiger partial charge in [-0.25, -0.2) is 4.79 Å². The monoisotopic (exact) mass is 348 g/mol. The second-order valence-electron chi connectivity index (χ2n) is 8.40. The van der Waals surface area contributed by atoms with E-state index in [4.69, 9.17) is 9.47 Å². The van der Waals surface area contributed by atoms with E-state index in [2.05, 4.69) is 30.9 Å². The van der Waals surface area contributed by atoms with Crippen molar-refractivity contribution in [3.63, 3.8) is 0 Å². The molecule has 1 amide bonds. The molecule has 140 valence electrons. The SMILES string of the molecule is CCN(C[C@@]1(C)COC(C)(C)N1C(=O)OC(C)(C)C)c1ccccc1. The van der Waals surface area contributed by atoms with Crippen LogP contribution >= 0.6 is 0 Å². The topological polar surface area (TPSA) is 42.0 Å². The molecular formula is C20H32N2O3. The van der Waals surface area contributed by atoms with E-state index in [0.717, 1.165) is 12.2 Å². The van der Waals surface area contributed by atoms with Crippen LogP contribution in [0.5, 0.6) is 0 Å². The Morgan fingerprint density at radius 3 is 2.36 bits per heavy atom. The predicted molar refractivity (Wildman–Crippen MR) is 101 cm³/mol. The molecule has 0 aromatic heterocycles. The molecule has 1 aliphatic heterocycles. The lowest BCUT2D eigenvalue weighted by atomic mass is 9.99. The van der Waals surface area contributed by atoms with E-state index in [1.54, 1.807) is 4.90 Å². The van der Waals surface area contributed by atoms with Crippen LogP contribution in [0.1, 0.15) is 48.5 Å². The second-order valence-corrected chi connectivity index (χ2v) is 8.40. The molecule has 25 heavy (non-hydrogen) atoms. The number of carbonyl (C=O) groups excluding carboxylic acids is 1. The van der Waals surface area contributed by atoms with Gasteiger partial charge in [0.25, 0.3) is 0 Å². The van der Waals surface area contributed by atoms with Gasteiger partial charge in [0.15, 0.2) is 0 Å². The van der Waals surface area contributed by atoms with E-state index in [1.165, 1.54) is 0 Å². The summed E-state index contributed by atoms with van der Waals surface area (Å²) in [6.45, 7) is 15.7. The van der Waals surface area contributed by atoms with E-state index < -0.39 is 16.9 Å². The van der Waals surface area contributed by atoms with Crippen LogP contribution in [0.3, 0.4) is 0 Å². The summed E-state index contributed by atoms with van der Waals surface area (Å²) in [5.41, 5.74) is -0.578. The number of rotatable bonds is 4. The van der Waals surface area contributed by atoms with Crippen molar-refractivity contribution >= 4 is 11.8 Å². The van der Waals surface area contributed by atoms with Gasteiger partial charge in [0.2, 0.25) is 0 Å². The normalized spacial score (nSPS) is 22.8. The largest absolute Gasteiger partial charge is 0.444 e. The molecule has 5 nitrogen and oxygen atoms in total. The third kappa shape index (κ3) is 4.46. The highest BCUT2D eigenvalue weighted by Gasteiger charge is 2.53. The number of para-hydroxylation sites is 1. The number of hydrogen-bond acceptors (Lipinski definition) is 4. The van der Waals surface area contributed by atoms with Crippen molar-refractivity contribution in [2.45, 2.75) is 65.3 Å². The number of benzene rings is 1. The minimum Gasteiger partial charge on any atom is -0.444 e. The number of nitrogens with zero attached hydrogens (tertiary/aromatic N) is 2. The van der Waals surface area contributed by atoms with Crippen LogP contribution in [0, 0.1) is 0 Å². The maximum Gasteiger partial charge on any atom is 0.413 e. The van der Waals surface area contributed by atoms with Gasteiger partial charge in [-0.1, -0.05) is 18.2 Å². The van der Waals surface area contributed by atoms with Crippen molar-refractivity contribution in [2.75, 3.05) is 24.6 Å². The van der Waals surface area contributed by atoms with E-state index in [9.17, 15) is 4.79 Å². The minimum atomic E-state index is -0.701. The van der Waals surface area contributed by atoms with Crippen molar-refractivity contribution in [2.24, 2.45) is 0 Å². The molecule has 5 heteroatoms. The number of hydrogen-bond donors (Lipinski definition) is 0. The molecule has 1 aromatic rings. The third-order valence-electron chi connectivity index (χ3n) is 4.43. The summed E-state index contributed by atoms with van der Waals surface area (Å²) in [6, 6.07) is 10.2. The highest BCUT2D eigenvalue weighted by molar-refractivity contribution is 5.70.